The van der Waals surface area contributed by atoms with Gasteiger partial charge in [0.2, 0.25) is 11.8 Å². The molecule has 1 spiro atoms. The van der Waals surface area contributed by atoms with Crippen molar-refractivity contribution in [2.75, 3.05) is 59.0 Å². The van der Waals surface area contributed by atoms with E-state index >= 15 is 0 Å². The molecule has 19 heteroatoms. The fourth-order valence-electron chi connectivity index (χ4n) is 13.9. The van der Waals surface area contributed by atoms with E-state index < -0.39 is 23.6 Å². The van der Waals surface area contributed by atoms with E-state index in [-0.39, 0.29) is 53.6 Å². The number of aromatic nitrogens is 8. The second-order valence-electron chi connectivity index (χ2n) is 24.3. The number of amides is 2. The number of aliphatic hydroxyl groups excluding tert-OH is 1. The zero-order valence-corrected chi connectivity index (χ0v) is 47.9. The molecule has 12 rings (SSSR count). The van der Waals surface area contributed by atoms with Crippen LogP contribution in [0.25, 0.3) is 27.2 Å². The lowest BCUT2D eigenvalue weighted by Crippen LogP contribution is -2.52. The third-order valence-corrected chi connectivity index (χ3v) is 19.8. The molecule has 4 aromatic heterocycles. The molecule has 6 aliphatic rings. The van der Waals surface area contributed by atoms with Crippen molar-refractivity contribution in [3.8, 4) is 16.3 Å². The first-order valence-corrected chi connectivity index (χ1v) is 30.2. The molecule has 0 bridgehead atoms. The van der Waals surface area contributed by atoms with E-state index in [9.17, 15) is 19.5 Å². The molecular weight excluding hydrogens is 1070 g/mol. The molecule has 2 aromatic carbocycles. The Hall–Kier alpha value is -5.31. The largest absolute Gasteiger partial charge is 0.391 e. The van der Waals surface area contributed by atoms with Crippen LogP contribution in [0.1, 0.15) is 156 Å². The number of benzene rings is 2. The van der Waals surface area contributed by atoms with Crippen molar-refractivity contribution in [2.24, 2.45) is 11.3 Å². The van der Waals surface area contributed by atoms with Crippen molar-refractivity contribution in [2.45, 2.75) is 146 Å². The van der Waals surface area contributed by atoms with E-state index in [0.717, 1.165) is 157 Å². The first-order chi connectivity index (χ1) is 37.7. The minimum Gasteiger partial charge on any atom is -0.391 e. The van der Waals surface area contributed by atoms with Crippen LogP contribution in [0.4, 0.5) is 0 Å². The molecule has 4 atom stereocenters. The minimum absolute atomic E-state index is 0.0688. The van der Waals surface area contributed by atoms with Gasteiger partial charge in [-0.25, -0.2) is 19.6 Å². The Labute approximate surface area is 468 Å². The van der Waals surface area contributed by atoms with Crippen LogP contribution >= 0.6 is 27.3 Å². The van der Waals surface area contributed by atoms with Gasteiger partial charge in [0.25, 0.3) is 5.56 Å². The fraction of sp³-hybridized carbons (Fsp3) is 0.576. The van der Waals surface area contributed by atoms with Gasteiger partial charge in [-0.05, 0) is 122 Å². The van der Waals surface area contributed by atoms with Gasteiger partial charge in [0.15, 0.2) is 0 Å². The number of aryl methyl sites for hydroxylation is 1. The number of carbonyl (C=O) groups is 2. The zero-order chi connectivity index (χ0) is 53.9. The quantitative estimate of drug-likeness (QED) is 0.119. The Bertz CT molecular complexity index is 3220. The number of fused-ring (bicyclic) bond motifs is 7. The maximum atomic E-state index is 14.9. The first-order valence-electron chi connectivity index (χ1n) is 28.6. The van der Waals surface area contributed by atoms with Gasteiger partial charge in [-0.15, -0.1) is 16.4 Å². The number of piperidine rings is 1. The van der Waals surface area contributed by atoms with Crippen LogP contribution in [0.15, 0.2) is 69.6 Å². The van der Waals surface area contributed by atoms with Crippen LogP contribution in [-0.4, -0.2) is 142 Å². The summed E-state index contributed by atoms with van der Waals surface area (Å²) in [6, 6.07) is 12.3. The van der Waals surface area contributed by atoms with Gasteiger partial charge in [0, 0.05) is 73.4 Å². The van der Waals surface area contributed by atoms with Gasteiger partial charge in [-0.3, -0.25) is 23.9 Å². The number of rotatable bonds is 12. The van der Waals surface area contributed by atoms with E-state index in [0.29, 0.717) is 31.1 Å². The summed E-state index contributed by atoms with van der Waals surface area (Å²) in [5, 5.41) is 24.4. The molecule has 0 unspecified atom stereocenters. The Kier molecular flexibility index (Phi) is 15.0. The van der Waals surface area contributed by atoms with Crippen molar-refractivity contribution >= 4 is 50.0 Å². The summed E-state index contributed by atoms with van der Waals surface area (Å²) >= 11 is 5.25. The topological polar surface area (TPSA) is 190 Å². The standard InChI is InChI=1S/C59H73BrN12O5S/c1-36-50(78-35-62-36)40-17-15-38(16-18-40)45(33-69-25-27-77-28-26-69)63-54(74)48-29-42(73)32-70(48)56(76)51(58(2,3)4)71-34-46(66-67-71)39-13-11-37(12-14-39)31-68-23-19-41(20-24-68)52-61-30-43-53(64-52)72-47-10-8-9-44(60)49(47)55(75)65-57(72)59(43)21-6-5-7-22-59/h8-10,15-18,30,34-35,37,39,41-42,45,48,51,73H,5-7,11-14,19-29,31-33H2,1-4H3,(H,63,74)/t37?,39?,42-,45+,48+,51-/m1/s1. The Morgan fingerprint density at radius 3 is 2.40 bits per heavy atom. The van der Waals surface area contributed by atoms with Crippen molar-refractivity contribution in [1.29, 1.82) is 0 Å². The number of morpholine rings is 1. The number of likely N-dealkylation sites (tertiary alicyclic amines) is 2. The van der Waals surface area contributed by atoms with E-state index in [1.807, 2.05) is 57.6 Å². The molecule has 3 saturated heterocycles. The second-order valence-corrected chi connectivity index (χ2v) is 26.0. The van der Waals surface area contributed by atoms with Gasteiger partial charge in [0.1, 0.15) is 29.6 Å². The van der Waals surface area contributed by atoms with Crippen LogP contribution in [-0.2, 0) is 19.7 Å². The van der Waals surface area contributed by atoms with E-state index in [2.05, 4.69) is 76.3 Å². The Balaban J connectivity index is 0.676. The number of carbonyl (C=O) groups excluding carboxylic acids is 2. The molecule has 78 heavy (non-hydrogen) atoms. The number of thiazole rings is 1. The number of halogens is 1. The summed E-state index contributed by atoms with van der Waals surface area (Å²) in [5.74, 6) is 3.20. The van der Waals surface area contributed by atoms with Crippen LogP contribution in [0.5, 0.6) is 0 Å². The fourth-order valence-corrected chi connectivity index (χ4v) is 15.3. The lowest BCUT2D eigenvalue weighted by Gasteiger charge is -2.36. The summed E-state index contributed by atoms with van der Waals surface area (Å²) in [6.45, 7) is 14.6. The average Bonchev–Trinajstić information content (AvgIpc) is 4.23. The highest BCUT2D eigenvalue weighted by Crippen LogP contribution is 2.51. The smallest absolute Gasteiger partial charge is 0.281 e. The highest BCUT2D eigenvalue weighted by atomic mass is 79.9. The lowest BCUT2D eigenvalue weighted by molar-refractivity contribution is -0.144. The normalized spacial score (nSPS) is 23.8. The van der Waals surface area contributed by atoms with Gasteiger partial charge < -0.3 is 25.0 Å². The first kappa shape index (κ1) is 53.3. The van der Waals surface area contributed by atoms with E-state index in [1.165, 1.54) is 6.42 Å². The third-order valence-electron chi connectivity index (χ3n) is 18.1. The number of hydrogen-bond acceptors (Lipinski definition) is 14. The number of nitrogens with one attached hydrogen (secondary N) is 1. The van der Waals surface area contributed by atoms with Crippen LogP contribution in [0, 0.1) is 18.3 Å². The third kappa shape index (κ3) is 10.3. The SMILES string of the molecule is Cc1ncsc1-c1ccc([C@H](CN2CCOCC2)NC(=O)[C@@H]2C[C@@H](O)CN2C(=O)[C@@H](n2cc(C3CCC(CN4CCC(c5ncc6c(n5)-n5c(nc(=O)c7c(Br)cccc75)C65CCCCC5)CC4)CC3)nn2)C(C)(C)C)cc1. The van der Waals surface area contributed by atoms with Gasteiger partial charge in [-0.2, -0.15) is 4.98 Å². The number of aliphatic hydroxyl groups is 1. The number of nitrogens with zero attached hydrogens (tertiary/aromatic N) is 11. The zero-order valence-electron chi connectivity index (χ0n) is 45.4. The lowest BCUT2D eigenvalue weighted by atomic mass is 9.70. The molecule has 2 N–H and O–H groups in total. The van der Waals surface area contributed by atoms with E-state index in [1.54, 1.807) is 20.9 Å². The predicted molar refractivity (Wildman–Crippen MR) is 303 cm³/mol. The summed E-state index contributed by atoms with van der Waals surface area (Å²) in [4.78, 5) is 70.3. The molecule has 412 valence electrons. The molecule has 17 nitrogen and oxygen atoms in total. The summed E-state index contributed by atoms with van der Waals surface area (Å²) in [6.07, 6.45) is 14.8. The molecule has 6 aromatic rings. The maximum absolute atomic E-state index is 14.9. The molecule has 4 aliphatic heterocycles. The highest BCUT2D eigenvalue weighted by Gasteiger charge is 2.49. The Morgan fingerprint density at radius 2 is 1.68 bits per heavy atom. The molecular formula is C59H73BrN12O5S. The van der Waals surface area contributed by atoms with Crippen LogP contribution in [0.3, 0.4) is 0 Å². The summed E-state index contributed by atoms with van der Waals surface area (Å²) < 4.78 is 10.3. The van der Waals surface area contributed by atoms with Crippen LogP contribution < -0.4 is 10.9 Å². The van der Waals surface area contributed by atoms with E-state index in [4.69, 9.17) is 24.8 Å². The second kappa shape index (κ2) is 22.0. The minimum atomic E-state index is -0.844. The molecule has 2 aliphatic carbocycles. The van der Waals surface area contributed by atoms with Gasteiger partial charge in [-0.1, -0.05) is 75.6 Å². The molecule has 2 saturated carbocycles. The van der Waals surface area contributed by atoms with Gasteiger partial charge in [0.05, 0.1) is 63.5 Å². The average molecular weight is 1140 g/mol. The monoisotopic (exact) mass is 1140 g/mol. The van der Waals surface area contributed by atoms with Crippen molar-refractivity contribution in [3.63, 3.8) is 0 Å². The molecule has 5 fully saturated rings. The van der Waals surface area contributed by atoms with Gasteiger partial charge >= 0.3 is 0 Å². The predicted octanol–water partition coefficient (Wildman–Crippen LogP) is 8.42. The summed E-state index contributed by atoms with van der Waals surface area (Å²) in [7, 11) is 0. The highest BCUT2D eigenvalue weighted by molar-refractivity contribution is 9.10. The molecule has 0 radical (unpaired) electrons. The number of hydrogen-bond donors (Lipinski definition) is 2. The number of β-amino-alcohol motifs (C(OH)–C–C–N with tert-alkyl or cyclic N) is 1. The Morgan fingerprint density at radius 1 is 0.923 bits per heavy atom. The maximum Gasteiger partial charge on any atom is 0.281 e. The van der Waals surface area contributed by atoms with Crippen molar-refractivity contribution in [3.05, 3.63) is 109 Å². The van der Waals surface area contributed by atoms with Crippen LogP contribution in [0.2, 0.25) is 0 Å². The van der Waals surface area contributed by atoms with Crippen molar-refractivity contribution < 1.29 is 19.4 Å². The molecule has 2 amide bonds. The number of ether oxygens (including phenoxy) is 1. The summed E-state index contributed by atoms with van der Waals surface area (Å²) in [5.41, 5.74) is 6.69. The van der Waals surface area contributed by atoms with Crippen molar-refractivity contribution in [1.82, 2.24) is 59.5 Å². The molecule has 8 heterocycles.